The fraction of sp³-hybridized carbons (Fsp3) is 0.957. The van der Waals surface area contributed by atoms with Crippen LogP contribution in [-0.2, 0) is 24.8 Å². The molecule has 0 saturated heterocycles. The lowest BCUT2D eigenvalue weighted by Crippen LogP contribution is -2.21. The predicted octanol–water partition coefficient (Wildman–Crippen LogP) is 4.88. The van der Waals surface area contributed by atoms with Gasteiger partial charge in [0.2, 0.25) is 0 Å². The largest absolute Gasteiger partial charge is 0.465 e. The van der Waals surface area contributed by atoms with Crippen molar-refractivity contribution in [3.05, 3.63) is 0 Å². The number of ether oxygens (including phenoxy) is 2. The highest BCUT2D eigenvalue weighted by Crippen LogP contribution is 2.25. The van der Waals surface area contributed by atoms with Crippen molar-refractivity contribution in [1.82, 2.24) is 4.90 Å². The monoisotopic (exact) mass is 462 g/mol. The Hall–Kier alpha value is -0.990. The van der Waals surface area contributed by atoms with Gasteiger partial charge < -0.3 is 14.4 Å². The van der Waals surface area contributed by atoms with Crippen LogP contribution in [0, 0.1) is 5.92 Å². The third kappa shape index (κ3) is 20.7. The summed E-state index contributed by atoms with van der Waals surface area (Å²) in [6, 6.07) is 0. The molecule has 0 spiro atoms. The van der Waals surface area contributed by atoms with Crippen molar-refractivity contribution in [3.63, 3.8) is 0 Å². The van der Waals surface area contributed by atoms with Crippen molar-refractivity contribution in [2.75, 3.05) is 39.9 Å². The van der Waals surface area contributed by atoms with Gasteiger partial charge in [-0.3, -0.25) is 4.79 Å². The van der Waals surface area contributed by atoms with E-state index < -0.39 is 23.0 Å². The molecular weight excluding hydrogens is 416 g/mol. The Bertz CT molecular complexity index is 552. The molecule has 0 heterocycles. The molecule has 31 heavy (non-hydrogen) atoms. The van der Waals surface area contributed by atoms with Crippen LogP contribution in [0.5, 0.6) is 0 Å². The first-order valence-electron chi connectivity index (χ1n) is 12.1. The van der Waals surface area contributed by atoms with Gasteiger partial charge in [0.05, 0.1) is 12.7 Å². The van der Waals surface area contributed by atoms with Crippen LogP contribution < -0.4 is 0 Å². The van der Waals surface area contributed by atoms with E-state index in [1.807, 2.05) is 0 Å². The molecule has 0 radical (unpaired) electrons. The van der Waals surface area contributed by atoms with Crippen molar-refractivity contribution in [1.29, 1.82) is 0 Å². The van der Waals surface area contributed by atoms with Gasteiger partial charge >= 0.3 is 16.5 Å². The summed E-state index contributed by atoms with van der Waals surface area (Å²) in [5, 5.41) is 0. The van der Waals surface area contributed by atoms with E-state index in [0.717, 1.165) is 12.5 Å². The van der Waals surface area contributed by atoms with Crippen molar-refractivity contribution in [2.45, 2.75) is 97.5 Å². The van der Waals surface area contributed by atoms with Crippen molar-refractivity contribution < 1.29 is 22.7 Å². The van der Waals surface area contributed by atoms with Crippen LogP contribution in [-0.4, -0.2) is 65.3 Å². The summed E-state index contributed by atoms with van der Waals surface area (Å²) in [5.74, 6) is 0.297. The second kappa shape index (κ2) is 20.9. The lowest BCUT2D eigenvalue weighted by Gasteiger charge is -2.26. The highest BCUT2D eigenvalue weighted by molar-refractivity contribution is 7.61. The molecule has 0 atom stereocenters. The van der Waals surface area contributed by atoms with Gasteiger partial charge in [0.15, 0.2) is 6.54 Å². The number of hydrogen-bond donors (Lipinski definition) is 0. The molecular formula is C23H46N2O5S. The molecule has 1 rings (SSSR count). The number of rotatable bonds is 15. The average Bonchev–Trinajstić information content (AvgIpc) is 2.74. The predicted molar refractivity (Wildman–Crippen MR) is 126 cm³/mol. The molecule has 0 N–H and O–H groups in total. The Morgan fingerprint density at radius 1 is 0.968 bits per heavy atom. The second-order valence-corrected chi connectivity index (χ2v) is 9.18. The number of nitrogens with zero attached hydrogens (tertiary/aromatic N) is 2. The fourth-order valence-electron chi connectivity index (χ4n) is 3.54. The number of unbranched alkanes of at least 4 members (excludes halogenated alkanes) is 5. The summed E-state index contributed by atoms with van der Waals surface area (Å²) in [6.45, 7) is 9.62. The number of carbonyl (C=O) groups excluding carboxylic acids is 1. The van der Waals surface area contributed by atoms with Gasteiger partial charge in [0.25, 0.3) is 0 Å². The quantitative estimate of drug-likeness (QED) is 0.255. The molecule has 184 valence electrons. The van der Waals surface area contributed by atoms with E-state index in [9.17, 15) is 13.2 Å². The van der Waals surface area contributed by atoms with E-state index in [0.29, 0.717) is 6.10 Å². The molecule has 0 unspecified atom stereocenters. The van der Waals surface area contributed by atoms with E-state index in [4.69, 9.17) is 4.74 Å². The summed E-state index contributed by atoms with van der Waals surface area (Å²) in [4.78, 5) is 12.9. The van der Waals surface area contributed by atoms with Crippen LogP contribution in [0.2, 0.25) is 0 Å². The molecule has 0 aromatic carbocycles. The molecule has 0 aromatic heterocycles. The summed E-state index contributed by atoms with van der Waals surface area (Å²) < 4.78 is 32.8. The molecule has 0 amide bonds. The third-order valence-corrected chi connectivity index (χ3v) is 5.84. The van der Waals surface area contributed by atoms with E-state index in [1.54, 1.807) is 6.92 Å². The van der Waals surface area contributed by atoms with Gasteiger partial charge in [0.1, 0.15) is 0 Å². The zero-order valence-electron chi connectivity index (χ0n) is 20.3. The molecule has 1 fully saturated rings. The first kappa shape index (κ1) is 30.0. The molecule has 7 nitrogen and oxygen atoms in total. The smallest absolute Gasteiger partial charge is 0.328 e. The zero-order valence-corrected chi connectivity index (χ0v) is 21.1. The second-order valence-electron chi connectivity index (χ2n) is 8.49. The molecule has 1 aliphatic rings. The van der Waals surface area contributed by atoms with Gasteiger partial charge in [-0.2, -0.15) is 12.8 Å². The van der Waals surface area contributed by atoms with Crippen molar-refractivity contribution >= 4 is 16.5 Å². The SMILES string of the molecule is CCCCCN(C)CCCCCCOC1CCC(C)CC1.CCOC(=O)CN=S(=O)=O. The highest BCUT2D eigenvalue weighted by atomic mass is 32.2. The summed E-state index contributed by atoms with van der Waals surface area (Å²) >= 11 is 0. The Morgan fingerprint density at radius 2 is 1.58 bits per heavy atom. The minimum absolute atomic E-state index is 0.236. The summed E-state index contributed by atoms with van der Waals surface area (Å²) in [7, 11) is -0.249. The molecule has 0 bridgehead atoms. The van der Waals surface area contributed by atoms with E-state index in [1.165, 1.54) is 83.7 Å². The van der Waals surface area contributed by atoms with Gasteiger partial charge in [-0.05, 0) is 77.9 Å². The topological polar surface area (TPSA) is 85.3 Å². The molecule has 1 aliphatic carbocycles. The average molecular weight is 463 g/mol. The molecule has 1 saturated carbocycles. The lowest BCUT2D eigenvalue weighted by molar-refractivity contribution is -0.141. The minimum atomic E-state index is -2.52. The van der Waals surface area contributed by atoms with Crippen LogP contribution in [0.15, 0.2) is 4.36 Å². The van der Waals surface area contributed by atoms with Gasteiger partial charge in [-0.15, -0.1) is 0 Å². The van der Waals surface area contributed by atoms with Crippen LogP contribution in [0.1, 0.15) is 91.4 Å². The maximum Gasteiger partial charge on any atom is 0.328 e. The third-order valence-electron chi connectivity index (χ3n) is 5.50. The normalized spacial score (nSPS) is 18.2. The van der Waals surface area contributed by atoms with Crippen LogP contribution in [0.3, 0.4) is 0 Å². The molecule has 0 aliphatic heterocycles. The number of hydrogen-bond acceptors (Lipinski definition) is 7. The molecule has 0 aromatic rings. The Morgan fingerprint density at radius 3 is 2.16 bits per heavy atom. The van der Waals surface area contributed by atoms with Gasteiger partial charge in [-0.1, -0.05) is 39.5 Å². The van der Waals surface area contributed by atoms with Crippen LogP contribution in [0.4, 0.5) is 0 Å². The Balaban J connectivity index is 0.000000759. The standard InChI is InChI=1S/C19H39NO.C4H7NO4S/c1-4-5-8-15-20(3)16-9-6-7-10-17-21-19-13-11-18(2)12-14-19;1-2-9-4(6)3-5-10(7)8/h18-19H,4-17H2,1-3H3;2-3H2,1H3. The Kier molecular flexibility index (Phi) is 20.2. The highest BCUT2D eigenvalue weighted by Gasteiger charge is 2.18. The zero-order chi connectivity index (χ0) is 23.3. The van der Waals surface area contributed by atoms with E-state index in [-0.39, 0.29) is 6.61 Å². The fourth-order valence-corrected chi connectivity index (χ4v) is 3.75. The van der Waals surface area contributed by atoms with Crippen LogP contribution >= 0.6 is 0 Å². The molecule has 8 heteroatoms. The van der Waals surface area contributed by atoms with Crippen molar-refractivity contribution in [3.8, 4) is 0 Å². The first-order chi connectivity index (χ1) is 14.9. The minimum Gasteiger partial charge on any atom is -0.465 e. The number of esters is 1. The summed E-state index contributed by atoms with van der Waals surface area (Å²) in [6.07, 6.45) is 15.3. The maximum atomic E-state index is 10.4. The van der Waals surface area contributed by atoms with Gasteiger partial charge in [-0.25, -0.2) is 0 Å². The van der Waals surface area contributed by atoms with Crippen LogP contribution in [0.25, 0.3) is 0 Å². The maximum absolute atomic E-state index is 10.4. The van der Waals surface area contributed by atoms with E-state index >= 15 is 0 Å². The van der Waals surface area contributed by atoms with Gasteiger partial charge in [0, 0.05) is 6.61 Å². The van der Waals surface area contributed by atoms with E-state index in [2.05, 4.69) is 34.9 Å². The van der Waals surface area contributed by atoms with Crippen molar-refractivity contribution in [2.24, 2.45) is 10.3 Å². The Labute approximate surface area is 192 Å². The first-order valence-corrected chi connectivity index (χ1v) is 13.1. The summed E-state index contributed by atoms with van der Waals surface area (Å²) in [5.41, 5.74) is 0. The lowest BCUT2D eigenvalue weighted by atomic mass is 9.89. The number of carbonyl (C=O) groups is 1.